The number of alkyl carbamates (subject to hydrolysis) is 3. The molecule has 6 aliphatic heterocycles. The van der Waals surface area contributed by atoms with Gasteiger partial charge in [-0.25, -0.2) is 63.1 Å². The molecule has 136 heavy (non-hydrogen) atoms. The number of hydrogen-bond donors (Lipinski definition) is 3. The molecule has 3 aromatic carbocycles. The third kappa shape index (κ3) is 24.9. The van der Waals surface area contributed by atoms with E-state index in [0.717, 1.165) is 143 Å². The monoisotopic (exact) mass is 1990 g/mol. The average Bonchev–Trinajstić information content (AvgIpc) is 1.61. The Labute approximate surface area is 837 Å². The van der Waals surface area contributed by atoms with Crippen molar-refractivity contribution in [1.82, 2.24) is 60.6 Å². The molecule has 0 spiro atoms. The van der Waals surface area contributed by atoms with Crippen LogP contribution < -0.4 is 44.4 Å². The van der Waals surface area contributed by atoms with Gasteiger partial charge >= 0.3 is 18.3 Å². The van der Waals surface area contributed by atoms with Crippen LogP contribution in [-0.4, -0.2) is 211 Å². The number of amides is 6. The smallest absolute Gasteiger partial charge is 0.408 e. The van der Waals surface area contributed by atoms with Crippen LogP contribution in [0, 0.1) is 63.6 Å². The Bertz CT molecular complexity index is 5090. The molecule has 3 saturated heterocycles. The van der Waals surface area contributed by atoms with Crippen LogP contribution in [0.4, 0.5) is 14.4 Å². The second-order valence-electron chi connectivity index (χ2n) is 42.0. The van der Waals surface area contributed by atoms with Crippen LogP contribution in [0.3, 0.4) is 0 Å². The zero-order valence-electron chi connectivity index (χ0n) is 82.5. The minimum Gasteiger partial charge on any atom is -0.540 e. The summed E-state index contributed by atoms with van der Waals surface area (Å²) in [6.45, 7) is 34.9. The van der Waals surface area contributed by atoms with Crippen molar-refractivity contribution in [2.75, 3.05) is 39.5 Å². The zero-order chi connectivity index (χ0) is 95.2. The van der Waals surface area contributed by atoms with Crippen LogP contribution in [-0.2, 0) is 118 Å². The van der Waals surface area contributed by atoms with Gasteiger partial charge in [0.1, 0.15) is 88.1 Å². The normalized spacial score (nSPS) is 30.1. The quantitative estimate of drug-likeness (QED) is 0.0756. The Morgan fingerprint density at radius 1 is 0.397 bits per heavy atom. The van der Waals surface area contributed by atoms with Crippen LogP contribution in [0.15, 0.2) is 54.6 Å². The Hall–Kier alpha value is -8.54. The molecule has 16 rings (SSSR count). The van der Waals surface area contributed by atoms with E-state index in [1.54, 1.807) is 0 Å². The number of aryl methyl sites for hydroxylation is 3. The van der Waals surface area contributed by atoms with Crippen LogP contribution in [0.2, 0.25) is 0 Å². The fourth-order valence-corrected chi connectivity index (χ4v) is 21.9. The molecule has 739 valence electrons. The summed E-state index contributed by atoms with van der Waals surface area (Å²) in [6, 6.07) is 11.9. The first kappa shape index (κ1) is 108. The number of carbonyl (C=O) groups is 6. The van der Waals surface area contributed by atoms with E-state index in [2.05, 4.69) is 34.8 Å². The van der Waals surface area contributed by atoms with E-state index in [0.29, 0.717) is 133 Å². The number of carbonyl (C=O) groups excluding carboxylic acids is 9. The summed E-state index contributed by atoms with van der Waals surface area (Å²) in [6.07, 6.45) is 24.3. The van der Waals surface area contributed by atoms with E-state index < -0.39 is 100 Å². The van der Waals surface area contributed by atoms with Gasteiger partial charge in [-0.2, -0.15) is 0 Å². The standard InChI is InChI=1S/C35H47N4O6.C35H49N4O6.C33H45N4O6.3V/c1-6-22-28(19-40)39-18-30(22)44-32-26(36-25-14-13-21(43-7-2)17-27(25)37-32)12-10-8-9-11-23-24-15-20(24)16-29(23)45-34(42)38-31(33(39)41)35(3,4)5;1-7-24-28(21-40)39-20-29(24)44-31-26(36-25-17-16-23(43-8-2)19-27(25)37-31)15-11-9-10-13-22-14-12-18-35(22,6)45-33(42)38-30(32(39)41)34(3,4)5;1-7-22-26(19-38)37-18-27(22)42-29-24(34-23-15-14-21(41-8-2)16-25(23)35-29)13-11-9-10-12-20-17-33(20,6)43-31(40)36-28(30(37)39)32(3,4)5;;;/h13-14,17,20,22-24,28-31H,6-12,15-16,18H2,1-5H3,(H,38,42);16-17,19,22,24,28-30H,7-15,18,20H2,1-6H3,(H,38,42);14-16,20,22,26-28H,7-13,17-18H2,1-6H3,(H,36,40);;;/q3*-1;;;/t20?,22-,23+,24?,28+,29+,30-,31+;22-,24+,28-,29+,30-,35-;20-,22+,26-,27+,28-,33-;;;/m011.../s1. The maximum absolute atomic E-state index is 14.2. The van der Waals surface area contributed by atoms with Crippen LogP contribution in [0.5, 0.6) is 34.9 Å². The van der Waals surface area contributed by atoms with Gasteiger partial charge in [0.2, 0.25) is 35.4 Å². The van der Waals surface area contributed by atoms with Crippen molar-refractivity contribution in [1.29, 1.82) is 0 Å². The van der Waals surface area contributed by atoms with E-state index in [-0.39, 0.29) is 123 Å². The molecule has 2 unspecified atom stereocenters. The van der Waals surface area contributed by atoms with Gasteiger partial charge in [-0.3, -0.25) is 14.4 Å². The number of ether oxygens (including phenoxy) is 9. The van der Waals surface area contributed by atoms with Gasteiger partial charge in [0.05, 0.1) is 72.6 Å². The van der Waals surface area contributed by atoms with Crippen molar-refractivity contribution in [2.24, 2.45) is 63.6 Å². The Balaban J connectivity index is 0.000000194. The number of nitrogens with one attached hydrogen (secondary N) is 3. The molecule has 33 heteroatoms. The van der Waals surface area contributed by atoms with Gasteiger partial charge in [0, 0.05) is 79.8 Å². The fourth-order valence-electron chi connectivity index (χ4n) is 21.9. The summed E-state index contributed by atoms with van der Waals surface area (Å²) in [7, 11) is 0. The van der Waals surface area contributed by atoms with E-state index in [9.17, 15) is 43.2 Å². The SMILES string of the molecule is CCOc1ccc2nc3c(nc2c1)O[C@H]1CN(C(=O)[C@H](C(C)(C)C)NC(=O)O[C@@H]2CC4CC4[C@H]2CCCCC3)[C@H]([C-]=O)[C@@H]1CC.CCOc1ccc2nc3c(nc2c1)O[C@H]1CN(C(=O)[C@H](C(C)(C)C)NC(=O)O[C@]2(C)CCC[C@H]2CCCCC3)[C@H]([C-]=O)[C@@H]1CC.CCOc1ccc2nc3c(nc2c1)O[C@H]1CN(C(=O)[C@H](C(C)(C)C)NC(=O)O[C@]2(C)C[C@H]2CCCCC3)[C@H]([C-]=O)[C@@H]1CC.[V].[V].[V]. The van der Waals surface area contributed by atoms with Crippen molar-refractivity contribution in [3.8, 4) is 34.9 Å². The average molecular weight is 1990 g/mol. The summed E-state index contributed by atoms with van der Waals surface area (Å²) < 4.78 is 55.0. The second kappa shape index (κ2) is 46.3. The maximum Gasteiger partial charge on any atom is 0.408 e. The summed E-state index contributed by atoms with van der Waals surface area (Å²) >= 11 is 0. The minimum atomic E-state index is -0.910. The zero-order valence-corrected chi connectivity index (χ0v) is 86.7. The Kier molecular flexibility index (Phi) is 36.7. The number of rotatable bonds is 12. The first-order valence-electron chi connectivity index (χ1n) is 49.4. The molecule has 4 saturated carbocycles. The molecule has 10 aliphatic rings. The van der Waals surface area contributed by atoms with Crippen molar-refractivity contribution < 1.29 is 141 Å². The Morgan fingerprint density at radius 3 is 1.10 bits per heavy atom. The van der Waals surface area contributed by atoms with E-state index >= 15 is 0 Å². The first-order chi connectivity index (χ1) is 63.5. The largest absolute Gasteiger partial charge is 0.540 e. The Morgan fingerprint density at radius 2 is 0.743 bits per heavy atom. The summed E-state index contributed by atoms with van der Waals surface area (Å²) in [4.78, 5) is 154. The number of fused-ring (bicyclic) bond motifs is 17. The molecule has 6 aromatic rings. The van der Waals surface area contributed by atoms with Crippen LogP contribution in [0.25, 0.3) is 33.1 Å². The molecule has 6 amide bonds. The second-order valence-corrected chi connectivity index (χ2v) is 42.0. The molecule has 7 fully saturated rings. The number of benzene rings is 3. The third-order valence-corrected chi connectivity index (χ3v) is 29.6. The molecule has 3 aromatic heterocycles. The van der Waals surface area contributed by atoms with Crippen LogP contribution in [0.1, 0.15) is 270 Å². The maximum atomic E-state index is 14.2. The molecule has 6 bridgehead atoms. The molecular formula is C103H141N12O18V3-3. The molecule has 20 atom stereocenters. The summed E-state index contributed by atoms with van der Waals surface area (Å²) in [5.74, 6) is 3.61. The topological polar surface area (TPSA) is 360 Å². The number of hydrogen-bond acceptors (Lipinski definition) is 24. The summed E-state index contributed by atoms with van der Waals surface area (Å²) in [5, 5.41) is 8.66. The van der Waals surface area contributed by atoms with Gasteiger partial charge in [-0.15, -0.1) is 0 Å². The minimum absolute atomic E-state index is 0. The van der Waals surface area contributed by atoms with Crippen molar-refractivity contribution in [3.05, 3.63) is 71.7 Å². The molecule has 30 nitrogen and oxygen atoms in total. The van der Waals surface area contributed by atoms with E-state index in [4.69, 9.17) is 72.5 Å². The fraction of sp³-hybridized carbons (Fsp3) is 0.680. The third-order valence-electron chi connectivity index (χ3n) is 29.6. The molecule has 3 radical (unpaired) electrons. The molecule has 9 heterocycles. The molecular weight excluding hydrogens is 1850 g/mol. The number of aromatic nitrogens is 6. The van der Waals surface area contributed by atoms with Gasteiger partial charge in [-0.1, -0.05) is 159 Å². The van der Waals surface area contributed by atoms with Crippen LogP contribution >= 0.6 is 0 Å². The first-order valence-corrected chi connectivity index (χ1v) is 49.4. The van der Waals surface area contributed by atoms with Gasteiger partial charge in [0.25, 0.3) is 0 Å². The number of nitrogens with zero attached hydrogens (tertiary/aromatic N) is 9. The van der Waals surface area contributed by atoms with Gasteiger partial charge in [-0.05, 0) is 225 Å². The summed E-state index contributed by atoms with van der Waals surface area (Å²) in [5.41, 5.74) is 3.58. The predicted molar refractivity (Wildman–Crippen MR) is 501 cm³/mol. The van der Waals surface area contributed by atoms with Crippen molar-refractivity contribution in [3.63, 3.8) is 0 Å². The van der Waals surface area contributed by atoms with Crippen molar-refractivity contribution >= 4 is 88.0 Å². The predicted octanol–water partition coefficient (Wildman–Crippen LogP) is 16.5. The van der Waals surface area contributed by atoms with Gasteiger partial charge in [0.15, 0.2) is 0 Å². The van der Waals surface area contributed by atoms with Crippen molar-refractivity contribution in [2.45, 2.75) is 344 Å². The van der Waals surface area contributed by atoms with Gasteiger partial charge < -0.3 is 87.7 Å². The molecule has 4 aliphatic carbocycles. The van der Waals surface area contributed by atoms with E-state index in [1.807, 2.05) is 172 Å². The van der Waals surface area contributed by atoms with E-state index in [1.165, 1.54) is 21.1 Å². The molecule has 3 N–H and O–H groups in total.